The van der Waals surface area contributed by atoms with E-state index < -0.39 is 5.97 Å². The molecule has 30 heavy (non-hydrogen) atoms. The maximum atomic E-state index is 11.5. The smallest absolute Gasteiger partial charge is 0.549 e. The third-order valence-corrected chi connectivity index (χ3v) is 5.50. The largest absolute Gasteiger partial charge is 1.00 e. The van der Waals surface area contributed by atoms with Gasteiger partial charge >= 0.3 is 51.4 Å². The topological polar surface area (TPSA) is 43.4 Å². The Bertz CT molecular complexity index is 405. The molecule has 0 saturated heterocycles. The van der Waals surface area contributed by atoms with Gasteiger partial charge in [-0.3, -0.25) is 4.90 Å². The van der Waals surface area contributed by atoms with Crippen molar-refractivity contribution in [2.24, 2.45) is 0 Å². The average Bonchev–Trinajstić information content (AvgIpc) is 2.69. The number of unbranched alkanes of at least 4 members (excludes halogenated alkanes) is 8. The van der Waals surface area contributed by atoms with E-state index in [1.165, 1.54) is 51.4 Å². The molecule has 0 amide bonds. The zero-order chi connectivity index (χ0) is 21.7. The number of carboxylic acid groups (broad SMARTS) is 1. The Morgan fingerprint density at radius 3 is 1.50 bits per heavy atom. The van der Waals surface area contributed by atoms with Gasteiger partial charge in [0, 0.05) is 18.6 Å². The molecule has 4 heteroatoms. The summed E-state index contributed by atoms with van der Waals surface area (Å²) in [5.74, 6) is -0.972. The molecular weight excluding hydrogens is 397 g/mol. The van der Waals surface area contributed by atoms with Crippen LogP contribution in [0.4, 0.5) is 0 Å². The van der Waals surface area contributed by atoms with Gasteiger partial charge in [-0.15, -0.1) is 0 Å². The van der Waals surface area contributed by atoms with Crippen LogP contribution >= 0.6 is 0 Å². The minimum atomic E-state index is -0.972. The van der Waals surface area contributed by atoms with Gasteiger partial charge in [0.25, 0.3) is 0 Å². The van der Waals surface area contributed by atoms with E-state index in [0.717, 1.165) is 38.5 Å². The zero-order valence-corrected chi connectivity index (χ0v) is 24.0. The van der Waals surface area contributed by atoms with Crippen molar-refractivity contribution in [2.45, 2.75) is 130 Å². The Kier molecular flexibility index (Phi) is 26.4. The number of aliphatic carboxylic acids is 1. The Morgan fingerprint density at radius 2 is 1.17 bits per heavy atom. The van der Waals surface area contributed by atoms with E-state index in [0.29, 0.717) is 0 Å². The van der Waals surface area contributed by atoms with Crippen LogP contribution in [0.3, 0.4) is 0 Å². The minimum Gasteiger partial charge on any atom is -0.549 e. The van der Waals surface area contributed by atoms with E-state index >= 15 is 0 Å². The van der Waals surface area contributed by atoms with E-state index in [1.807, 2.05) is 0 Å². The molecule has 2 atom stereocenters. The first-order valence-electron chi connectivity index (χ1n) is 12.4. The molecule has 3 nitrogen and oxygen atoms in total. The van der Waals surface area contributed by atoms with Crippen LogP contribution in [0.15, 0.2) is 24.3 Å². The number of carbonyl (C=O) groups is 1. The van der Waals surface area contributed by atoms with E-state index in [2.05, 4.69) is 56.9 Å². The molecule has 0 heterocycles. The first-order valence-corrected chi connectivity index (χ1v) is 12.4. The van der Waals surface area contributed by atoms with Crippen LogP contribution in [0.1, 0.15) is 118 Å². The van der Waals surface area contributed by atoms with Gasteiger partial charge in [0.15, 0.2) is 0 Å². The van der Waals surface area contributed by atoms with Crippen LogP contribution in [0, 0.1) is 0 Å². The van der Waals surface area contributed by atoms with E-state index in [-0.39, 0.29) is 70.0 Å². The van der Waals surface area contributed by atoms with Gasteiger partial charge < -0.3 is 9.90 Å². The monoisotopic (exact) mass is 445 g/mol. The van der Waals surface area contributed by atoms with Crippen LogP contribution in [0.5, 0.6) is 0 Å². The quantitative estimate of drug-likeness (QED) is 0.164. The molecule has 0 aliphatic carbocycles. The summed E-state index contributed by atoms with van der Waals surface area (Å²) in [5.41, 5.74) is 0. The Hall–Kier alpha value is 0.546. The molecule has 0 aliphatic heterocycles. The van der Waals surface area contributed by atoms with Crippen molar-refractivity contribution in [3.63, 3.8) is 0 Å². The molecule has 170 valence electrons. The van der Waals surface area contributed by atoms with Gasteiger partial charge in [0.05, 0.1) is 5.97 Å². The fourth-order valence-corrected chi connectivity index (χ4v) is 3.85. The van der Waals surface area contributed by atoms with Crippen LogP contribution < -0.4 is 56.5 Å². The molecular formula is C26H48KNO2. The summed E-state index contributed by atoms with van der Waals surface area (Å²) in [5, 5.41) is 11.5. The summed E-state index contributed by atoms with van der Waals surface area (Å²) in [7, 11) is 0. The first kappa shape index (κ1) is 32.7. The minimum absolute atomic E-state index is 0. The molecule has 0 spiro atoms. The van der Waals surface area contributed by atoms with Crippen molar-refractivity contribution in [3.05, 3.63) is 24.3 Å². The van der Waals surface area contributed by atoms with Crippen LogP contribution in [-0.4, -0.2) is 29.5 Å². The van der Waals surface area contributed by atoms with Gasteiger partial charge in [-0.05, 0) is 38.5 Å². The molecule has 0 aromatic rings. The maximum Gasteiger partial charge on any atom is 1.00 e. The van der Waals surface area contributed by atoms with Crippen molar-refractivity contribution >= 4 is 5.97 Å². The molecule has 0 radical (unpaired) electrons. The Labute approximate surface area is 230 Å². The molecule has 0 bridgehead atoms. The van der Waals surface area contributed by atoms with Crippen LogP contribution in [0.2, 0.25) is 0 Å². The number of hydrogen-bond acceptors (Lipinski definition) is 3. The summed E-state index contributed by atoms with van der Waals surface area (Å²) in [6.45, 7) is 8.83. The van der Waals surface area contributed by atoms with Crippen molar-refractivity contribution < 1.29 is 61.3 Å². The number of carbonyl (C=O) groups excluding carboxylic acids is 1. The summed E-state index contributed by atoms with van der Waals surface area (Å²) in [4.78, 5) is 13.7. The van der Waals surface area contributed by atoms with Crippen LogP contribution in [-0.2, 0) is 4.79 Å². The summed E-state index contributed by atoms with van der Waals surface area (Å²) in [6, 6.07) is 0.343. The van der Waals surface area contributed by atoms with Crippen LogP contribution in [0.25, 0.3) is 0 Å². The first-order chi connectivity index (χ1) is 14.1. The summed E-state index contributed by atoms with van der Waals surface area (Å²) >= 11 is 0. The maximum absolute atomic E-state index is 11.5. The van der Waals surface area contributed by atoms with Crippen molar-refractivity contribution in [1.29, 1.82) is 0 Å². The van der Waals surface area contributed by atoms with Crippen molar-refractivity contribution in [3.8, 4) is 0 Å². The second-order valence-corrected chi connectivity index (χ2v) is 8.31. The van der Waals surface area contributed by atoms with Crippen molar-refractivity contribution in [2.75, 3.05) is 6.54 Å². The molecule has 0 aromatic carbocycles. The normalized spacial score (nSPS) is 13.8. The number of carboxylic acids is 1. The van der Waals surface area contributed by atoms with Crippen molar-refractivity contribution in [1.82, 2.24) is 4.90 Å². The fraction of sp³-hybridized carbons (Fsp3) is 0.808. The van der Waals surface area contributed by atoms with Gasteiger partial charge in [0.2, 0.25) is 0 Å². The standard InChI is InChI=1S/C26H49NO2.K/c1-5-9-11-13-15-17-21-24(19-7-3)27(23-26(28)29)25(20-8-4)22-18-16-14-12-10-6-2;/h17-18,21-22,24-25H,5-16,19-20,23H2,1-4H3,(H,28,29);/q;+1/p-1/b21-17+,22-18+;. The number of nitrogens with zero attached hydrogens (tertiary/aromatic N) is 1. The predicted octanol–water partition coefficient (Wildman–Crippen LogP) is 3.43. The predicted molar refractivity (Wildman–Crippen MR) is 125 cm³/mol. The van der Waals surface area contributed by atoms with E-state index in [9.17, 15) is 9.90 Å². The molecule has 0 aromatic heterocycles. The summed E-state index contributed by atoms with van der Waals surface area (Å²) < 4.78 is 0. The number of allylic oxidation sites excluding steroid dienone is 2. The number of hydrogen-bond donors (Lipinski definition) is 0. The second kappa shape index (κ2) is 24.2. The second-order valence-electron chi connectivity index (χ2n) is 8.31. The Morgan fingerprint density at radius 1 is 0.733 bits per heavy atom. The molecule has 0 N–H and O–H groups in total. The van der Waals surface area contributed by atoms with Gasteiger partial charge in [-0.25, -0.2) is 0 Å². The van der Waals surface area contributed by atoms with Gasteiger partial charge in [-0.2, -0.15) is 0 Å². The zero-order valence-electron chi connectivity index (χ0n) is 20.8. The molecule has 0 fully saturated rings. The third kappa shape index (κ3) is 18.1. The molecule has 0 aliphatic rings. The van der Waals surface area contributed by atoms with E-state index in [4.69, 9.17) is 0 Å². The fourth-order valence-electron chi connectivity index (χ4n) is 3.85. The van der Waals surface area contributed by atoms with E-state index in [1.54, 1.807) is 0 Å². The number of rotatable bonds is 20. The molecule has 0 saturated carbocycles. The van der Waals surface area contributed by atoms with Gasteiger partial charge in [0.1, 0.15) is 0 Å². The third-order valence-electron chi connectivity index (χ3n) is 5.50. The Balaban J connectivity index is 0. The average molecular weight is 446 g/mol. The summed E-state index contributed by atoms with van der Waals surface area (Å²) in [6.07, 6.45) is 25.4. The van der Waals surface area contributed by atoms with Gasteiger partial charge in [-0.1, -0.05) is 103 Å². The SMILES string of the molecule is CCCCCC/C=C/C(CCC)N(CC(=O)[O-])C(/C=C/CCCCCC)CCC.[K+]. The molecule has 0 rings (SSSR count). The molecule has 2 unspecified atom stereocenters.